The highest BCUT2D eigenvalue weighted by Crippen LogP contribution is 2.42. The number of hydrogen-bond donors (Lipinski definition) is 3. The third kappa shape index (κ3) is 8.64. The lowest BCUT2D eigenvalue weighted by Gasteiger charge is -2.43. The quantitative estimate of drug-likeness (QED) is 0.0674. The van der Waals surface area contributed by atoms with E-state index in [1.54, 1.807) is 18.2 Å². The molecule has 0 radical (unpaired) electrons. The second kappa shape index (κ2) is 17.2. The molecule has 0 spiro atoms. The molecule has 6 unspecified atom stereocenters. The van der Waals surface area contributed by atoms with Crippen LogP contribution in [0, 0.1) is 35.0 Å². The first kappa shape index (κ1) is 39.7. The number of benzene rings is 5. The van der Waals surface area contributed by atoms with Crippen LogP contribution in [-0.2, 0) is 22.6 Å². The maximum absolute atomic E-state index is 14.2. The van der Waals surface area contributed by atoms with Gasteiger partial charge in [-0.3, -0.25) is 9.69 Å². The topological polar surface area (TPSA) is 91.3 Å². The van der Waals surface area contributed by atoms with Crippen LogP contribution in [0.1, 0.15) is 70.5 Å². The molecule has 7 nitrogen and oxygen atoms in total. The Morgan fingerprint density at radius 2 is 1.38 bits per heavy atom. The van der Waals surface area contributed by atoms with Crippen molar-refractivity contribution in [3.8, 4) is 11.1 Å². The van der Waals surface area contributed by atoms with Crippen LogP contribution in [-0.4, -0.2) is 46.8 Å². The molecule has 1 heterocycles. The van der Waals surface area contributed by atoms with Gasteiger partial charge in [0.15, 0.2) is 29.6 Å². The fourth-order valence-electron chi connectivity index (χ4n) is 6.72. The van der Waals surface area contributed by atoms with Gasteiger partial charge in [0.25, 0.3) is 5.91 Å². The Bertz CT molecular complexity index is 2070. The molecular weight excluding hydrogens is 719 g/mol. The number of amides is 1. The Balaban J connectivity index is 1.19. The molecule has 0 bridgehead atoms. The van der Waals surface area contributed by atoms with Crippen molar-refractivity contribution < 1.29 is 46.4 Å². The van der Waals surface area contributed by atoms with Gasteiger partial charge in [-0.05, 0) is 53.4 Å². The first-order valence-electron chi connectivity index (χ1n) is 17.8. The highest BCUT2D eigenvalue weighted by Gasteiger charge is 2.39. The van der Waals surface area contributed by atoms with Gasteiger partial charge >= 0.3 is 0 Å². The van der Waals surface area contributed by atoms with E-state index in [0.717, 1.165) is 33.4 Å². The van der Waals surface area contributed by atoms with Crippen molar-refractivity contribution in [1.29, 1.82) is 0 Å². The SMILES string of the molecule is CC1C(CN(C)C(C)C(O)c2ccccc2)OC(c2ccc(-c3cccc(CNC(=O)c4c(F)c(F)c(F)c(F)c4F)c3)cc2)OC1c1ccc(CO)cc1. The van der Waals surface area contributed by atoms with Gasteiger partial charge in [0.2, 0.25) is 5.82 Å². The first-order chi connectivity index (χ1) is 26.4. The number of aliphatic hydroxyl groups excluding tert-OH is 2. The average Bonchev–Trinajstić information content (AvgIpc) is 3.22. The summed E-state index contributed by atoms with van der Waals surface area (Å²) in [6.07, 6.45) is -2.11. The van der Waals surface area contributed by atoms with Gasteiger partial charge in [-0.25, -0.2) is 22.0 Å². The van der Waals surface area contributed by atoms with Crippen molar-refractivity contribution in [3.05, 3.63) is 166 Å². The van der Waals surface area contributed by atoms with Crippen LogP contribution in [0.5, 0.6) is 0 Å². The highest BCUT2D eigenvalue weighted by atomic mass is 19.2. The lowest BCUT2D eigenvalue weighted by molar-refractivity contribution is -0.276. The number of halogens is 5. The molecule has 1 aliphatic heterocycles. The summed E-state index contributed by atoms with van der Waals surface area (Å²) in [5.41, 5.74) is 3.78. The molecular formula is C43H41F5N2O5. The molecule has 1 saturated heterocycles. The van der Waals surface area contributed by atoms with Gasteiger partial charge < -0.3 is 25.0 Å². The third-order valence-corrected chi connectivity index (χ3v) is 10.2. The average molecular weight is 761 g/mol. The number of nitrogens with one attached hydrogen (secondary N) is 1. The van der Waals surface area contributed by atoms with Gasteiger partial charge in [0.05, 0.1) is 24.9 Å². The summed E-state index contributed by atoms with van der Waals surface area (Å²) in [4.78, 5) is 14.6. The number of hydrogen-bond acceptors (Lipinski definition) is 6. The molecule has 0 aliphatic carbocycles. The van der Waals surface area contributed by atoms with Crippen LogP contribution >= 0.6 is 0 Å². The van der Waals surface area contributed by atoms with E-state index >= 15 is 0 Å². The molecule has 1 amide bonds. The predicted octanol–water partition coefficient (Wildman–Crippen LogP) is 8.32. The second-order valence-electron chi connectivity index (χ2n) is 13.8. The van der Waals surface area contributed by atoms with E-state index < -0.39 is 53.0 Å². The molecule has 288 valence electrons. The fourth-order valence-corrected chi connectivity index (χ4v) is 6.72. The van der Waals surface area contributed by atoms with E-state index in [2.05, 4.69) is 17.1 Å². The van der Waals surface area contributed by atoms with Crippen molar-refractivity contribution >= 4 is 5.91 Å². The molecule has 12 heteroatoms. The monoisotopic (exact) mass is 760 g/mol. The number of carbonyl (C=O) groups is 1. The Morgan fingerprint density at radius 1 is 0.764 bits per heavy atom. The minimum atomic E-state index is -2.34. The zero-order valence-corrected chi connectivity index (χ0v) is 30.4. The first-order valence-corrected chi connectivity index (χ1v) is 17.8. The predicted molar refractivity (Wildman–Crippen MR) is 196 cm³/mol. The van der Waals surface area contributed by atoms with Crippen LogP contribution in [0.15, 0.2) is 103 Å². The van der Waals surface area contributed by atoms with Gasteiger partial charge in [-0.15, -0.1) is 0 Å². The standard InChI is InChI=1S/C43H41F5N2O5/c1-24-33(22-50(3)25(2)40(52)29-9-5-4-6-10-29)54-43(55-41(24)30-14-12-26(23-51)13-15-30)31-18-16-28(17-19-31)32-11-7-8-27(20-32)21-49-42(53)34-35(44)37(46)39(48)38(47)36(34)45/h4-20,24-25,33,40-41,43,51-52H,21-23H2,1-3H3,(H,49,53). The molecule has 55 heavy (non-hydrogen) atoms. The summed E-state index contributed by atoms with van der Waals surface area (Å²) in [5, 5.41) is 23.0. The maximum atomic E-state index is 14.2. The molecule has 1 aliphatic rings. The summed E-state index contributed by atoms with van der Waals surface area (Å²) in [6.45, 7) is 4.22. The van der Waals surface area contributed by atoms with Gasteiger partial charge in [-0.2, -0.15) is 0 Å². The van der Waals surface area contributed by atoms with Crippen LogP contribution in [0.2, 0.25) is 0 Å². The minimum Gasteiger partial charge on any atom is -0.392 e. The van der Waals surface area contributed by atoms with Crippen molar-refractivity contribution in [2.45, 2.75) is 57.6 Å². The van der Waals surface area contributed by atoms with E-state index in [1.165, 1.54) is 0 Å². The third-order valence-electron chi connectivity index (χ3n) is 10.2. The molecule has 3 N–H and O–H groups in total. The number of rotatable bonds is 12. The number of carbonyl (C=O) groups excluding carboxylic acids is 1. The van der Waals surface area contributed by atoms with E-state index in [1.807, 2.05) is 98.9 Å². The molecule has 6 atom stereocenters. The van der Waals surface area contributed by atoms with Crippen LogP contribution in [0.4, 0.5) is 22.0 Å². The van der Waals surface area contributed by atoms with Crippen LogP contribution in [0.3, 0.4) is 0 Å². The summed E-state index contributed by atoms with van der Waals surface area (Å²) in [5.74, 6) is -12.7. The molecule has 0 saturated carbocycles. The Labute approximate surface area is 316 Å². The van der Waals surface area contributed by atoms with E-state index in [0.29, 0.717) is 12.1 Å². The fraction of sp³-hybridized carbons (Fsp3) is 0.279. The lowest BCUT2D eigenvalue weighted by atomic mass is 9.89. The summed E-state index contributed by atoms with van der Waals surface area (Å²) in [6, 6.07) is 31.3. The van der Waals surface area contributed by atoms with Crippen molar-refractivity contribution in [3.63, 3.8) is 0 Å². The summed E-state index contributed by atoms with van der Waals surface area (Å²) < 4.78 is 82.3. The lowest BCUT2D eigenvalue weighted by Crippen LogP contribution is -2.46. The second-order valence-corrected chi connectivity index (χ2v) is 13.8. The number of ether oxygens (including phenoxy) is 2. The number of nitrogens with zero attached hydrogens (tertiary/aromatic N) is 1. The van der Waals surface area contributed by atoms with Crippen LogP contribution in [0.25, 0.3) is 11.1 Å². The van der Waals surface area contributed by atoms with Gasteiger partial charge in [0.1, 0.15) is 5.56 Å². The van der Waals surface area contributed by atoms with Crippen LogP contribution < -0.4 is 5.32 Å². The summed E-state index contributed by atoms with van der Waals surface area (Å²) in [7, 11) is 1.95. The van der Waals surface area contributed by atoms with Crippen molar-refractivity contribution in [2.75, 3.05) is 13.6 Å². The van der Waals surface area contributed by atoms with Crippen molar-refractivity contribution in [2.24, 2.45) is 5.92 Å². The molecule has 5 aromatic carbocycles. The number of likely N-dealkylation sites (N-methyl/N-ethyl adjacent to an activating group) is 1. The minimum absolute atomic E-state index is 0.0789. The Hall–Kier alpha value is -4.98. The van der Waals surface area contributed by atoms with Gasteiger partial charge in [0, 0.05) is 30.6 Å². The van der Waals surface area contributed by atoms with E-state index in [9.17, 15) is 37.0 Å². The Morgan fingerprint density at radius 3 is 2.02 bits per heavy atom. The maximum Gasteiger partial charge on any atom is 0.257 e. The zero-order valence-electron chi connectivity index (χ0n) is 30.4. The van der Waals surface area contributed by atoms with E-state index in [4.69, 9.17) is 9.47 Å². The molecule has 0 aromatic heterocycles. The van der Waals surface area contributed by atoms with Crippen molar-refractivity contribution in [1.82, 2.24) is 10.2 Å². The van der Waals surface area contributed by atoms with E-state index in [-0.39, 0.29) is 37.3 Å². The smallest absolute Gasteiger partial charge is 0.257 e. The highest BCUT2D eigenvalue weighted by molar-refractivity contribution is 5.94. The normalized spacial score (nSPS) is 19.6. The molecule has 1 fully saturated rings. The molecule has 5 aromatic rings. The summed E-state index contributed by atoms with van der Waals surface area (Å²) >= 11 is 0. The Kier molecular flexibility index (Phi) is 12.4. The zero-order chi connectivity index (χ0) is 39.4. The molecule has 6 rings (SSSR count). The largest absolute Gasteiger partial charge is 0.392 e. The van der Waals surface area contributed by atoms with Gasteiger partial charge in [-0.1, -0.05) is 104 Å². The number of aliphatic hydroxyl groups is 2.